The Morgan fingerprint density at radius 3 is 2.63 bits per heavy atom. The van der Waals surface area contributed by atoms with Crippen molar-refractivity contribution < 1.29 is 22.7 Å². The van der Waals surface area contributed by atoms with Crippen molar-refractivity contribution in [3.63, 3.8) is 0 Å². The SMILES string of the molecule is O=C(/C=C/c1ccc(C(F)(F)F)cc1)N(Cc1cccs1)CC1CCCO1. The molecule has 2 heterocycles. The fourth-order valence-electron chi connectivity index (χ4n) is 2.91. The van der Waals surface area contributed by atoms with Crippen LogP contribution in [0.3, 0.4) is 0 Å². The number of benzene rings is 1. The third kappa shape index (κ3) is 5.68. The maximum atomic E-state index is 12.7. The van der Waals surface area contributed by atoms with Gasteiger partial charge in [-0.2, -0.15) is 13.2 Å². The van der Waals surface area contributed by atoms with Crippen molar-refractivity contribution in [2.24, 2.45) is 0 Å². The largest absolute Gasteiger partial charge is 0.416 e. The third-order valence-electron chi connectivity index (χ3n) is 4.34. The molecule has 3 rings (SSSR count). The molecule has 0 bridgehead atoms. The Balaban J connectivity index is 1.67. The van der Waals surface area contributed by atoms with E-state index in [-0.39, 0.29) is 12.0 Å². The molecule has 0 saturated carbocycles. The van der Waals surface area contributed by atoms with Gasteiger partial charge in [0, 0.05) is 24.1 Å². The first-order chi connectivity index (χ1) is 12.9. The molecule has 0 radical (unpaired) electrons. The molecular weight excluding hydrogens is 375 g/mol. The van der Waals surface area contributed by atoms with Gasteiger partial charge >= 0.3 is 6.18 Å². The van der Waals surface area contributed by atoms with Gasteiger partial charge in [0.25, 0.3) is 0 Å². The molecule has 0 N–H and O–H groups in total. The van der Waals surface area contributed by atoms with E-state index >= 15 is 0 Å². The number of halogens is 3. The van der Waals surface area contributed by atoms with Gasteiger partial charge in [-0.3, -0.25) is 4.79 Å². The Morgan fingerprint density at radius 2 is 2.04 bits per heavy atom. The zero-order valence-corrected chi connectivity index (χ0v) is 15.4. The summed E-state index contributed by atoms with van der Waals surface area (Å²) in [6.45, 7) is 1.72. The molecule has 1 aliphatic heterocycles. The van der Waals surface area contributed by atoms with Crippen molar-refractivity contribution in [3.8, 4) is 0 Å². The minimum Gasteiger partial charge on any atom is -0.376 e. The molecule has 1 aromatic carbocycles. The van der Waals surface area contributed by atoms with E-state index in [1.807, 2.05) is 17.5 Å². The van der Waals surface area contributed by atoms with Crippen LogP contribution in [0.2, 0.25) is 0 Å². The van der Waals surface area contributed by atoms with Crippen molar-refractivity contribution in [2.45, 2.75) is 31.7 Å². The Labute approximate surface area is 160 Å². The molecule has 0 spiro atoms. The number of carbonyl (C=O) groups is 1. The minimum absolute atomic E-state index is 0.0355. The molecule has 2 aromatic rings. The second-order valence-electron chi connectivity index (χ2n) is 6.39. The summed E-state index contributed by atoms with van der Waals surface area (Å²) in [6.07, 6.45) is 0.541. The van der Waals surface area contributed by atoms with Crippen LogP contribution in [0.15, 0.2) is 47.9 Å². The van der Waals surface area contributed by atoms with Gasteiger partial charge in [-0.1, -0.05) is 18.2 Å². The molecule has 1 unspecified atom stereocenters. The number of amides is 1. The van der Waals surface area contributed by atoms with Crippen LogP contribution in [0.4, 0.5) is 13.2 Å². The van der Waals surface area contributed by atoms with E-state index in [9.17, 15) is 18.0 Å². The second-order valence-corrected chi connectivity index (χ2v) is 7.42. The van der Waals surface area contributed by atoms with Gasteiger partial charge in [-0.05, 0) is 48.1 Å². The van der Waals surface area contributed by atoms with E-state index in [2.05, 4.69) is 0 Å². The Kier molecular flexibility index (Phi) is 6.34. The summed E-state index contributed by atoms with van der Waals surface area (Å²) in [4.78, 5) is 15.5. The first kappa shape index (κ1) is 19.6. The van der Waals surface area contributed by atoms with Gasteiger partial charge in [0.15, 0.2) is 0 Å². The average molecular weight is 395 g/mol. The molecule has 1 amide bonds. The van der Waals surface area contributed by atoms with Gasteiger partial charge in [0.2, 0.25) is 5.91 Å². The van der Waals surface area contributed by atoms with E-state index in [4.69, 9.17) is 4.74 Å². The first-order valence-electron chi connectivity index (χ1n) is 8.70. The first-order valence-corrected chi connectivity index (χ1v) is 9.58. The van der Waals surface area contributed by atoms with Crippen LogP contribution in [-0.4, -0.2) is 30.1 Å². The maximum Gasteiger partial charge on any atom is 0.416 e. The highest BCUT2D eigenvalue weighted by molar-refractivity contribution is 7.09. The van der Waals surface area contributed by atoms with Gasteiger partial charge in [0.05, 0.1) is 18.2 Å². The lowest BCUT2D eigenvalue weighted by Gasteiger charge is -2.23. The molecule has 144 valence electrons. The van der Waals surface area contributed by atoms with Crippen LogP contribution in [0.5, 0.6) is 0 Å². The average Bonchev–Trinajstić information content (AvgIpc) is 3.33. The Bertz CT molecular complexity index is 764. The lowest BCUT2D eigenvalue weighted by molar-refractivity contribution is -0.137. The van der Waals surface area contributed by atoms with Crippen LogP contribution < -0.4 is 0 Å². The van der Waals surface area contributed by atoms with E-state index in [0.29, 0.717) is 25.3 Å². The van der Waals surface area contributed by atoms with Crippen LogP contribution in [0.1, 0.15) is 28.8 Å². The zero-order valence-electron chi connectivity index (χ0n) is 14.6. The summed E-state index contributed by atoms with van der Waals surface area (Å²) in [5.41, 5.74) is -0.159. The number of hydrogen-bond acceptors (Lipinski definition) is 3. The highest BCUT2D eigenvalue weighted by atomic mass is 32.1. The number of thiophene rings is 1. The fraction of sp³-hybridized carbons (Fsp3) is 0.350. The predicted octanol–water partition coefficient (Wildman–Crippen LogP) is 4.99. The van der Waals surface area contributed by atoms with Crippen molar-refractivity contribution in [1.82, 2.24) is 4.90 Å². The highest BCUT2D eigenvalue weighted by Crippen LogP contribution is 2.29. The lowest BCUT2D eigenvalue weighted by Crippen LogP contribution is -2.35. The zero-order chi connectivity index (χ0) is 19.3. The quantitative estimate of drug-likeness (QED) is 0.645. The number of alkyl halides is 3. The molecule has 1 fully saturated rings. The monoisotopic (exact) mass is 395 g/mol. The van der Waals surface area contributed by atoms with E-state index in [1.54, 1.807) is 22.3 Å². The molecule has 7 heteroatoms. The Morgan fingerprint density at radius 1 is 1.26 bits per heavy atom. The topological polar surface area (TPSA) is 29.5 Å². The number of nitrogens with zero attached hydrogens (tertiary/aromatic N) is 1. The Hall–Kier alpha value is -2.12. The smallest absolute Gasteiger partial charge is 0.376 e. The minimum atomic E-state index is -4.36. The van der Waals surface area contributed by atoms with Crippen LogP contribution in [0.25, 0.3) is 6.08 Å². The van der Waals surface area contributed by atoms with Gasteiger partial charge in [-0.15, -0.1) is 11.3 Å². The number of rotatable bonds is 6. The van der Waals surface area contributed by atoms with Crippen molar-refractivity contribution in [3.05, 3.63) is 63.9 Å². The number of carbonyl (C=O) groups excluding carboxylic acids is 1. The molecule has 0 aliphatic carbocycles. The molecule has 3 nitrogen and oxygen atoms in total. The lowest BCUT2D eigenvalue weighted by atomic mass is 10.1. The standard InChI is InChI=1S/C20H20F3NO2S/c21-20(22,23)16-8-5-15(6-9-16)7-10-19(25)24(13-17-3-1-11-26-17)14-18-4-2-12-27-18/h2,4-10,12,17H,1,3,11,13-14H2/b10-7+. The summed E-state index contributed by atoms with van der Waals surface area (Å²) >= 11 is 1.58. The molecule has 1 saturated heterocycles. The van der Waals surface area contributed by atoms with Crippen LogP contribution >= 0.6 is 11.3 Å². The summed E-state index contributed by atoms with van der Waals surface area (Å²) in [5, 5.41) is 1.96. The summed E-state index contributed by atoms with van der Waals surface area (Å²) < 4.78 is 43.5. The highest BCUT2D eigenvalue weighted by Gasteiger charge is 2.29. The van der Waals surface area contributed by atoms with Crippen molar-refractivity contribution in [1.29, 1.82) is 0 Å². The fourth-order valence-corrected chi connectivity index (χ4v) is 3.63. The number of hydrogen-bond donors (Lipinski definition) is 0. The maximum absolute atomic E-state index is 12.7. The summed E-state index contributed by atoms with van der Waals surface area (Å²) in [7, 11) is 0. The summed E-state index contributed by atoms with van der Waals surface area (Å²) in [6, 6.07) is 8.65. The normalized spacial score (nSPS) is 17.5. The van der Waals surface area contributed by atoms with Gasteiger partial charge in [-0.25, -0.2) is 0 Å². The van der Waals surface area contributed by atoms with E-state index in [0.717, 1.165) is 29.9 Å². The molecule has 1 aliphatic rings. The van der Waals surface area contributed by atoms with Crippen molar-refractivity contribution >= 4 is 23.3 Å². The summed E-state index contributed by atoms with van der Waals surface area (Å²) in [5.74, 6) is -0.182. The second kappa shape index (κ2) is 8.71. The molecule has 1 atom stereocenters. The predicted molar refractivity (Wildman–Crippen MR) is 99.2 cm³/mol. The number of ether oxygens (including phenoxy) is 1. The third-order valence-corrected chi connectivity index (χ3v) is 5.20. The van der Waals surface area contributed by atoms with E-state index < -0.39 is 11.7 Å². The van der Waals surface area contributed by atoms with Crippen LogP contribution in [-0.2, 0) is 22.3 Å². The molecule has 1 aromatic heterocycles. The van der Waals surface area contributed by atoms with Gasteiger partial charge < -0.3 is 9.64 Å². The van der Waals surface area contributed by atoms with Gasteiger partial charge in [0.1, 0.15) is 0 Å². The van der Waals surface area contributed by atoms with Crippen LogP contribution in [0, 0.1) is 0 Å². The molecule has 27 heavy (non-hydrogen) atoms. The van der Waals surface area contributed by atoms with Crippen molar-refractivity contribution in [2.75, 3.05) is 13.2 Å². The van der Waals surface area contributed by atoms with E-state index in [1.165, 1.54) is 18.2 Å². The molecular formula is C20H20F3NO2S.